The smallest absolute Gasteiger partial charge is 0.197 e. The van der Waals surface area contributed by atoms with Crippen LogP contribution in [0.5, 0.6) is 11.6 Å². The summed E-state index contributed by atoms with van der Waals surface area (Å²) in [6, 6.07) is 6.83. The van der Waals surface area contributed by atoms with Gasteiger partial charge in [-0.3, -0.25) is 4.79 Å². The van der Waals surface area contributed by atoms with E-state index in [9.17, 15) is 9.90 Å². The Bertz CT molecular complexity index is 858. The van der Waals surface area contributed by atoms with Crippen molar-refractivity contribution in [1.29, 1.82) is 0 Å². The van der Waals surface area contributed by atoms with E-state index < -0.39 is 0 Å². The molecule has 2 aliphatic heterocycles. The van der Waals surface area contributed by atoms with Crippen molar-refractivity contribution in [2.45, 2.75) is 26.0 Å². The monoisotopic (exact) mass is 542 g/mol. The van der Waals surface area contributed by atoms with Crippen LogP contribution in [0.15, 0.2) is 29.1 Å². The van der Waals surface area contributed by atoms with Crippen LogP contribution in [0.25, 0.3) is 11.3 Å². The maximum Gasteiger partial charge on any atom is 0.197 e. The van der Waals surface area contributed by atoms with Gasteiger partial charge in [0, 0.05) is 44.8 Å². The van der Waals surface area contributed by atoms with Gasteiger partial charge in [0.25, 0.3) is 0 Å². The van der Waals surface area contributed by atoms with Crippen LogP contribution in [-0.2, 0) is 43.5 Å². The average molecular weight is 542 g/mol. The zero-order valence-electron chi connectivity index (χ0n) is 15.6. The number of rotatable bonds is 3. The van der Waals surface area contributed by atoms with Gasteiger partial charge >= 0.3 is 0 Å². The van der Waals surface area contributed by atoms with Gasteiger partial charge < -0.3 is 31.3 Å². The summed E-state index contributed by atoms with van der Waals surface area (Å²) in [6.45, 7) is 4.56. The number of ether oxygens (including phenoxy) is 3. The van der Waals surface area contributed by atoms with Crippen LogP contribution in [0.4, 0.5) is 0 Å². The van der Waals surface area contributed by atoms with Crippen LogP contribution in [0, 0.1) is 14.4 Å². The molecule has 146 valence electrons. The number of aryl methyl sites for hydroxylation is 1. The fraction of sp³-hybridized carbons (Fsp3) is 0.400. The summed E-state index contributed by atoms with van der Waals surface area (Å²) in [5.74, 6) is 0.799. The van der Waals surface area contributed by atoms with Gasteiger partial charge in [-0.25, -0.2) is 0 Å². The molecule has 0 spiro atoms. The number of aromatic hydroxyl groups is 1. The molecule has 3 heterocycles. The van der Waals surface area contributed by atoms with Gasteiger partial charge in [0.2, 0.25) is 0 Å². The molecule has 6 nitrogen and oxygen atoms in total. The van der Waals surface area contributed by atoms with Crippen molar-refractivity contribution < 1.29 is 40.4 Å². The first kappa shape index (κ1) is 21.7. The van der Waals surface area contributed by atoms with E-state index in [4.69, 9.17) is 14.2 Å². The Balaban J connectivity index is 0.00000131. The van der Waals surface area contributed by atoms with Gasteiger partial charge in [0.15, 0.2) is 11.3 Å². The number of benzene rings is 1. The normalized spacial score (nSPS) is 17.7. The summed E-state index contributed by atoms with van der Waals surface area (Å²) in [7, 11) is 0. The Morgan fingerprint density at radius 3 is 2.85 bits per heavy atom. The maximum atomic E-state index is 12.4. The van der Waals surface area contributed by atoms with Crippen molar-refractivity contribution in [2.24, 2.45) is 0 Å². The van der Waals surface area contributed by atoms with Gasteiger partial charge in [-0.05, 0) is 37.1 Å². The zero-order chi connectivity index (χ0) is 17.4. The maximum absolute atomic E-state index is 12.4. The van der Waals surface area contributed by atoms with E-state index in [-0.39, 0.29) is 45.8 Å². The van der Waals surface area contributed by atoms with Crippen LogP contribution in [0.1, 0.15) is 11.1 Å². The van der Waals surface area contributed by atoms with Crippen molar-refractivity contribution in [3.63, 3.8) is 0 Å². The topological polar surface area (TPSA) is 69.9 Å². The predicted molar refractivity (Wildman–Crippen MR) is 98.7 cm³/mol. The third-order valence-corrected chi connectivity index (χ3v) is 4.77. The van der Waals surface area contributed by atoms with Crippen molar-refractivity contribution in [3.05, 3.63) is 53.0 Å². The predicted octanol–water partition coefficient (Wildman–Crippen LogP) is 2.33. The van der Waals surface area contributed by atoms with E-state index in [2.05, 4.69) is 0 Å². The Kier molecular flexibility index (Phi) is 7.26. The molecule has 0 amide bonds. The van der Waals surface area contributed by atoms with Crippen LogP contribution < -0.4 is 10.2 Å². The Morgan fingerprint density at radius 2 is 2.11 bits per heavy atom. The first-order valence-electron chi connectivity index (χ1n) is 8.52. The molecule has 0 aliphatic carbocycles. The second-order valence-corrected chi connectivity index (χ2v) is 6.44. The van der Waals surface area contributed by atoms with Crippen molar-refractivity contribution in [3.8, 4) is 22.9 Å². The van der Waals surface area contributed by atoms with E-state index in [1.54, 1.807) is 18.2 Å². The molecular weight excluding hydrogens is 518 g/mol. The first-order chi connectivity index (χ1) is 12.1. The number of fused-ring (bicyclic) bond motifs is 3. The van der Waals surface area contributed by atoms with E-state index in [1.165, 1.54) is 0 Å². The molecule has 27 heavy (non-hydrogen) atoms. The molecule has 2 aromatic rings. The number of phenolic OH excluding ortho intramolecular Hbond substituents is 1. The van der Waals surface area contributed by atoms with Gasteiger partial charge in [-0.15, -0.1) is 0 Å². The number of phenols is 1. The Morgan fingerprint density at radius 1 is 1.30 bits per heavy atom. The van der Waals surface area contributed by atoms with Gasteiger partial charge in [0.1, 0.15) is 18.5 Å². The van der Waals surface area contributed by atoms with Crippen molar-refractivity contribution >= 4 is 0 Å². The Labute approximate surface area is 173 Å². The number of pyridine rings is 1. The number of hydrogen-bond donors (Lipinski definition) is 1. The summed E-state index contributed by atoms with van der Waals surface area (Å²) >= 11 is 0. The van der Waals surface area contributed by atoms with Crippen molar-refractivity contribution in [2.75, 3.05) is 26.4 Å². The molecule has 0 unspecified atom stereocenters. The van der Waals surface area contributed by atoms with Crippen LogP contribution in [0.2, 0.25) is 0 Å². The van der Waals surface area contributed by atoms with Crippen LogP contribution in [0.3, 0.4) is 0 Å². The average Bonchev–Trinajstić information content (AvgIpc) is 2.63. The SMILES string of the molecule is Cc1c2n(c(OC[C@@H]3COCCO3)cc1=O)CCc1cc(O)ccc1-2.[CH3-].[W]. The minimum absolute atomic E-state index is 0. The standard InChI is InChI=1S/C19H21NO5.CH3.W/c1-12-17(22)9-18(25-11-15-10-23-6-7-24-15)20-5-4-13-8-14(21)2-3-16(13)19(12)20;;/h2-3,8-9,15,21H,4-7,10-11H2,1H3;1H3;/q;-1;/t15-;;/m0../s1. The summed E-state index contributed by atoms with van der Waals surface area (Å²) < 4.78 is 19.0. The molecule has 1 saturated heterocycles. The second kappa shape index (κ2) is 9.05. The fourth-order valence-electron chi connectivity index (χ4n) is 3.48. The fourth-order valence-corrected chi connectivity index (χ4v) is 3.48. The van der Waals surface area contributed by atoms with E-state index in [0.29, 0.717) is 44.4 Å². The summed E-state index contributed by atoms with van der Waals surface area (Å²) in [5.41, 5.74) is 3.52. The molecule has 1 aromatic heterocycles. The first-order valence-corrected chi connectivity index (χ1v) is 8.52. The molecule has 7 heteroatoms. The molecule has 1 atom stereocenters. The summed E-state index contributed by atoms with van der Waals surface area (Å²) in [6.07, 6.45) is 0.660. The minimum Gasteiger partial charge on any atom is -0.508 e. The second-order valence-electron chi connectivity index (χ2n) is 6.44. The number of hydrogen-bond acceptors (Lipinski definition) is 5. The minimum atomic E-state index is -0.116. The summed E-state index contributed by atoms with van der Waals surface area (Å²) in [5, 5.41) is 9.72. The zero-order valence-corrected chi connectivity index (χ0v) is 18.5. The molecule has 2 aliphatic rings. The van der Waals surface area contributed by atoms with Gasteiger partial charge in [-0.2, -0.15) is 0 Å². The van der Waals surface area contributed by atoms with Gasteiger partial charge in [-0.1, -0.05) is 0 Å². The third kappa shape index (κ3) is 4.28. The molecule has 0 saturated carbocycles. The molecule has 1 N–H and O–H groups in total. The third-order valence-electron chi connectivity index (χ3n) is 4.77. The van der Waals surface area contributed by atoms with Crippen molar-refractivity contribution in [1.82, 2.24) is 4.57 Å². The Hall–Kier alpha value is -1.62. The molecular formula is C20H24NO5W-. The molecule has 0 bridgehead atoms. The molecule has 4 rings (SSSR count). The molecule has 1 fully saturated rings. The van der Waals surface area contributed by atoms with E-state index in [0.717, 1.165) is 23.2 Å². The van der Waals surface area contributed by atoms with Gasteiger partial charge in [0.05, 0.1) is 25.5 Å². The molecule has 0 radical (unpaired) electrons. The summed E-state index contributed by atoms with van der Waals surface area (Å²) in [4.78, 5) is 12.4. The van der Waals surface area contributed by atoms with E-state index >= 15 is 0 Å². The largest absolute Gasteiger partial charge is 0.508 e. The molecule has 1 aromatic carbocycles. The van der Waals surface area contributed by atoms with E-state index in [1.807, 2.05) is 17.6 Å². The van der Waals surface area contributed by atoms with Crippen LogP contribution >= 0.6 is 0 Å². The number of nitrogens with zero attached hydrogens (tertiary/aromatic N) is 1. The quantitative estimate of drug-likeness (QED) is 0.604. The number of aromatic nitrogens is 1. The van der Waals surface area contributed by atoms with Crippen LogP contribution in [-0.4, -0.2) is 42.2 Å².